The van der Waals surface area contributed by atoms with E-state index in [9.17, 15) is 4.79 Å². The van der Waals surface area contributed by atoms with Crippen LogP contribution >= 0.6 is 15.9 Å². The Hall–Kier alpha value is -1.07. The number of anilines is 1. The lowest BCUT2D eigenvalue weighted by molar-refractivity contribution is -0.121. The van der Waals surface area contributed by atoms with E-state index < -0.39 is 0 Å². The van der Waals surface area contributed by atoms with Gasteiger partial charge in [-0.1, -0.05) is 15.9 Å². The van der Waals surface area contributed by atoms with Gasteiger partial charge in [0.2, 0.25) is 5.91 Å². The van der Waals surface area contributed by atoms with E-state index in [1.165, 1.54) is 0 Å². The van der Waals surface area contributed by atoms with Crippen molar-refractivity contribution in [3.8, 4) is 0 Å². The number of nitrogens with zero attached hydrogens (tertiary/aromatic N) is 1. The number of amides is 1. The van der Waals surface area contributed by atoms with Crippen molar-refractivity contribution in [1.82, 2.24) is 5.32 Å². The third-order valence-electron chi connectivity index (χ3n) is 3.64. The van der Waals surface area contributed by atoms with E-state index in [1.54, 1.807) is 0 Å². The summed E-state index contributed by atoms with van der Waals surface area (Å²) in [7, 11) is 0. The van der Waals surface area contributed by atoms with E-state index in [-0.39, 0.29) is 18.0 Å². The zero-order chi connectivity index (χ0) is 14.0. The van der Waals surface area contributed by atoms with Crippen LogP contribution in [0.4, 0.5) is 5.69 Å². The number of nitrogens with two attached hydrogens (primary N) is 1. The predicted molar refractivity (Wildman–Crippen MR) is 81.3 cm³/mol. The molecule has 5 heteroatoms. The van der Waals surface area contributed by atoms with Crippen molar-refractivity contribution in [3.05, 3.63) is 28.2 Å². The highest BCUT2D eigenvalue weighted by Gasteiger charge is 2.31. The summed E-state index contributed by atoms with van der Waals surface area (Å²) in [5, 5.41) is 2.93. The molecular weight excluding hydrogens is 306 g/mol. The van der Waals surface area contributed by atoms with Crippen molar-refractivity contribution in [1.29, 1.82) is 0 Å². The highest BCUT2D eigenvalue weighted by Crippen LogP contribution is 2.27. The van der Waals surface area contributed by atoms with E-state index in [0.717, 1.165) is 22.1 Å². The molecule has 2 rings (SSSR count). The monoisotopic (exact) mass is 325 g/mol. The fourth-order valence-corrected chi connectivity index (χ4v) is 2.79. The molecule has 1 amide bonds. The Kier molecular flexibility index (Phi) is 4.47. The summed E-state index contributed by atoms with van der Waals surface area (Å²) in [5.74, 6) is 0.0208. The predicted octanol–water partition coefficient (Wildman–Crippen LogP) is 1.80. The van der Waals surface area contributed by atoms with Gasteiger partial charge >= 0.3 is 0 Å². The molecule has 2 atom stereocenters. The highest BCUT2D eigenvalue weighted by atomic mass is 79.9. The van der Waals surface area contributed by atoms with Crippen molar-refractivity contribution >= 4 is 27.5 Å². The van der Waals surface area contributed by atoms with Gasteiger partial charge in [0.15, 0.2) is 0 Å². The molecule has 0 saturated carbocycles. The Morgan fingerprint density at radius 1 is 1.53 bits per heavy atom. The average molecular weight is 326 g/mol. The third kappa shape index (κ3) is 2.92. The Morgan fingerprint density at radius 2 is 2.26 bits per heavy atom. The van der Waals surface area contributed by atoms with Crippen LogP contribution in [-0.4, -0.2) is 31.1 Å². The molecular formula is C14H20BrN3O. The second-order valence-electron chi connectivity index (χ2n) is 5.02. The number of aryl methyl sites for hydroxylation is 1. The van der Waals surface area contributed by atoms with Gasteiger partial charge in [-0.3, -0.25) is 4.79 Å². The second-order valence-corrected chi connectivity index (χ2v) is 5.88. The van der Waals surface area contributed by atoms with Crippen LogP contribution in [0.1, 0.15) is 18.9 Å². The summed E-state index contributed by atoms with van der Waals surface area (Å²) in [6, 6.07) is 6.15. The Balaban J connectivity index is 2.41. The van der Waals surface area contributed by atoms with Crippen LogP contribution in [0.15, 0.2) is 22.7 Å². The van der Waals surface area contributed by atoms with Gasteiger partial charge in [0.1, 0.15) is 6.04 Å². The Bertz CT molecular complexity index is 478. The van der Waals surface area contributed by atoms with Crippen LogP contribution in [-0.2, 0) is 4.79 Å². The maximum absolute atomic E-state index is 12.1. The van der Waals surface area contributed by atoms with Crippen molar-refractivity contribution in [3.63, 3.8) is 0 Å². The number of halogens is 1. The Morgan fingerprint density at radius 3 is 2.89 bits per heavy atom. The fourth-order valence-electron chi connectivity index (χ4n) is 2.54. The minimum atomic E-state index is -0.293. The number of benzene rings is 1. The van der Waals surface area contributed by atoms with E-state index in [0.29, 0.717) is 13.1 Å². The van der Waals surface area contributed by atoms with Crippen LogP contribution in [0.3, 0.4) is 0 Å². The fraction of sp³-hybridized carbons (Fsp3) is 0.500. The van der Waals surface area contributed by atoms with Gasteiger partial charge in [-0.15, -0.1) is 0 Å². The van der Waals surface area contributed by atoms with E-state index >= 15 is 0 Å². The van der Waals surface area contributed by atoms with Crippen molar-refractivity contribution in [2.45, 2.75) is 32.4 Å². The smallest absolute Gasteiger partial charge is 0.244 e. The van der Waals surface area contributed by atoms with Gasteiger partial charge in [0.05, 0.1) is 0 Å². The molecule has 0 bridgehead atoms. The van der Waals surface area contributed by atoms with Gasteiger partial charge in [-0.05, 0) is 44.0 Å². The summed E-state index contributed by atoms with van der Waals surface area (Å²) in [5.41, 5.74) is 8.02. The molecule has 19 heavy (non-hydrogen) atoms. The summed E-state index contributed by atoms with van der Waals surface area (Å²) >= 11 is 3.51. The maximum Gasteiger partial charge on any atom is 0.244 e. The SMILES string of the molecule is Cc1cc(N2C(C)CCNC(=O)C2CN)ccc1Br. The van der Waals surface area contributed by atoms with Crippen molar-refractivity contribution in [2.75, 3.05) is 18.0 Å². The molecule has 1 saturated heterocycles. The van der Waals surface area contributed by atoms with Crippen LogP contribution in [0.25, 0.3) is 0 Å². The average Bonchev–Trinajstić information content (AvgIpc) is 2.52. The number of nitrogens with one attached hydrogen (secondary N) is 1. The second kappa shape index (κ2) is 5.92. The summed E-state index contributed by atoms with van der Waals surface area (Å²) in [6.07, 6.45) is 0.928. The molecule has 0 aromatic heterocycles. The molecule has 1 heterocycles. The normalized spacial score (nSPS) is 24.0. The molecule has 0 spiro atoms. The molecule has 1 aromatic rings. The summed E-state index contributed by atoms with van der Waals surface area (Å²) in [4.78, 5) is 14.2. The lowest BCUT2D eigenvalue weighted by Gasteiger charge is -2.35. The molecule has 0 aliphatic carbocycles. The van der Waals surface area contributed by atoms with Crippen LogP contribution in [0.5, 0.6) is 0 Å². The van der Waals surface area contributed by atoms with E-state index in [2.05, 4.69) is 39.1 Å². The quantitative estimate of drug-likeness (QED) is 0.871. The topological polar surface area (TPSA) is 58.4 Å². The molecule has 1 fully saturated rings. The van der Waals surface area contributed by atoms with Crippen LogP contribution < -0.4 is 16.0 Å². The highest BCUT2D eigenvalue weighted by molar-refractivity contribution is 9.10. The first-order valence-corrected chi connectivity index (χ1v) is 7.36. The lowest BCUT2D eigenvalue weighted by atomic mass is 10.1. The molecule has 104 valence electrons. The first-order chi connectivity index (χ1) is 9.04. The third-order valence-corrected chi connectivity index (χ3v) is 4.53. The Labute approximate surface area is 122 Å². The molecule has 3 N–H and O–H groups in total. The van der Waals surface area contributed by atoms with E-state index in [4.69, 9.17) is 5.73 Å². The summed E-state index contributed by atoms with van der Waals surface area (Å²) in [6.45, 7) is 5.22. The van der Waals surface area contributed by atoms with Gasteiger partial charge in [-0.2, -0.15) is 0 Å². The largest absolute Gasteiger partial charge is 0.356 e. The zero-order valence-electron chi connectivity index (χ0n) is 11.3. The lowest BCUT2D eigenvalue weighted by Crippen LogP contribution is -2.51. The van der Waals surface area contributed by atoms with Gasteiger partial charge in [0.25, 0.3) is 0 Å². The van der Waals surface area contributed by atoms with Gasteiger partial charge in [-0.25, -0.2) is 0 Å². The molecule has 0 radical (unpaired) electrons. The van der Waals surface area contributed by atoms with Gasteiger partial charge < -0.3 is 16.0 Å². The first kappa shape index (κ1) is 14.3. The standard InChI is InChI=1S/C14H20BrN3O/c1-9-7-11(3-4-12(9)15)18-10(2)5-6-17-14(19)13(18)8-16/h3-4,7,10,13H,5-6,8,16H2,1-2H3,(H,17,19). The number of carbonyl (C=O) groups is 1. The number of carbonyl (C=O) groups excluding carboxylic acids is 1. The molecule has 1 aliphatic rings. The van der Waals surface area contributed by atoms with Crippen molar-refractivity contribution < 1.29 is 4.79 Å². The number of hydrogen-bond acceptors (Lipinski definition) is 3. The molecule has 4 nitrogen and oxygen atoms in total. The van der Waals surface area contributed by atoms with Gasteiger partial charge in [0, 0.05) is 29.3 Å². The molecule has 1 aromatic carbocycles. The number of rotatable bonds is 2. The van der Waals surface area contributed by atoms with E-state index in [1.807, 2.05) is 19.1 Å². The first-order valence-electron chi connectivity index (χ1n) is 6.57. The summed E-state index contributed by atoms with van der Waals surface area (Å²) < 4.78 is 1.08. The van der Waals surface area contributed by atoms with Crippen LogP contribution in [0, 0.1) is 6.92 Å². The minimum absolute atomic E-state index is 0.0208. The van der Waals surface area contributed by atoms with Crippen molar-refractivity contribution in [2.24, 2.45) is 5.73 Å². The minimum Gasteiger partial charge on any atom is -0.356 e. The zero-order valence-corrected chi connectivity index (χ0v) is 12.9. The molecule has 2 unspecified atom stereocenters. The maximum atomic E-state index is 12.1. The number of hydrogen-bond donors (Lipinski definition) is 2. The molecule has 1 aliphatic heterocycles. The van der Waals surface area contributed by atoms with Crippen LogP contribution in [0.2, 0.25) is 0 Å².